The van der Waals surface area contributed by atoms with Gasteiger partial charge in [0.15, 0.2) is 0 Å². The summed E-state index contributed by atoms with van der Waals surface area (Å²) in [6, 6.07) is 10.2. The zero-order valence-corrected chi connectivity index (χ0v) is 17.5. The lowest BCUT2D eigenvalue weighted by Gasteiger charge is -2.14. The van der Waals surface area contributed by atoms with Crippen LogP contribution in [0.15, 0.2) is 53.6 Å². The molecule has 0 atom stereocenters. The maximum Gasteiger partial charge on any atom is 0.416 e. The van der Waals surface area contributed by atoms with Crippen LogP contribution in [0.25, 0.3) is 5.69 Å². The number of nitrogens with one attached hydrogen (secondary N) is 1. The molecule has 1 heterocycles. The summed E-state index contributed by atoms with van der Waals surface area (Å²) in [5.41, 5.74) is -1.92. The Morgan fingerprint density at radius 3 is 2.35 bits per heavy atom. The largest absolute Gasteiger partial charge is 0.416 e. The van der Waals surface area contributed by atoms with Crippen molar-refractivity contribution >= 4 is 52.4 Å². The number of nitro groups is 1. The van der Waals surface area contributed by atoms with E-state index in [1.165, 1.54) is 11.8 Å². The molecule has 7 nitrogen and oxygen atoms in total. The molecule has 3 aromatic rings. The molecule has 1 amide bonds. The fourth-order valence-corrected chi connectivity index (χ4v) is 3.89. The highest BCUT2D eigenvalue weighted by molar-refractivity contribution is 8.00. The molecule has 0 unspecified atom stereocenters. The van der Waals surface area contributed by atoms with E-state index in [0.717, 1.165) is 15.8 Å². The summed E-state index contributed by atoms with van der Waals surface area (Å²) in [5.74, 6) is -1.06. The second kappa shape index (κ2) is 9.16. The first kappa shape index (κ1) is 22.9. The molecule has 0 aliphatic heterocycles. The normalized spacial score (nSPS) is 11.4. The van der Waals surface area contributed by atoms with Crippen molar-refractivity contribution in [1.82, 2.24) is 9.78 Å². The van der Waals surface area contributed by atoms with E-state index in [4.69, 9.17) is 23.2 Å². The van der Waals surface area contributed by atoms with Gasteiger partial charge in [-0.25, -0.2) is 4.68 Å². The first-order chi connectivity index (χ1) is 14.6. The molecule has 2 aromatic carbocycles. The second-order valence-corrected chi connectivity index (χ2v) is 7.85. The average Bonchev–Trinajstić information content (AvgIpc) is 3.09. The third kappa shape index (κ3) is 5.30. The van der Waals surface area contributed by atoms with Gasteiger partial charge in [0.1, 0.15) is 11.9 Å². The summed E-state index contributed by atoms with van der Waals surface area (Å²) in [7, 11) is 0. The van der Waals surface area contributed by atoms with Crippen LogP contribution in [-0.2, 0) is 11.0 Å². The zero-order valence-electron chi connectivity index (χ0n) is 15.2. The van der Waals surface area contributed by atoms with Crippen LogP contribution in [0.3, 0.4) is 0 Å². The lowest BCUT2D eigenvalue weighted by Crippen LogP contribution is -2.18. The van der Waals surface area contributed by atoms with Gasteiger partial charge in [0, 0.05) is 4.90 Å². The number of benzene rings is 2. The van der Waals surface area contributed by atoms with Crippen molar-refractivity contribution in [2.75, 3.05) is 11.1 Å². The summed E-state index contributed by atoms with van der Waals surface area (Å²) >= 11 is 13.2. The third-order valence-corrected chi connectivity index (χ3v) is 5.46. The molecule has 0 radical (unpaired) electrons. The van der Waals surface area contributed by atoms with Crippen LogP contribution in [0.2, 0.25) is 10.0 Å². The first-order valence-corrected chi connectivity index (χ1v) is 10.1. The molecule has 0 saturated heterocycles. The Bertz CT molecular complexity index is 1120. The van der Waals surface area contributed by atoms with Gasteiger partial charge in [0.2, 0.25) is 11.7 Å². The van der Waals surface area contributed by atoms with E-state index in [0.29, 0.717) is 12.1 Å². The maximum absolute atomic E-state index is 13.0. The lowest BCUT2D eigenvalue weighted by molar-refractivity contribution is -0.384. The highest BCUT2D eigenvalue weighted by Gasteiger charge is 2.33. The predicted octanol–water partition coefficient (Wildman–Crippen LogP) is 5.84. The van der Waals surface area contributed by atoms with Gasteiger partial charge in [-0.05, 0) is 24.3 Å². The number of anilines is 1. The molecular formula is C18H11Cl2F3N4O3S. The summed E-state index contributed by atoms with van der Waals surface area (Å²) < 4.78 is 39.8. The number of nitrogens with zero attached hydrogens (tertiary/aromatic N) is 3. The Balaban J connectivity index is 1.95. The molecule has 0 aliphatic carbocycles. The van der Waals surface area contributed by atoms with Crippen LogP contribution in [-0.4, -0.2) is 26.4 Å². The minimum absolute atomic E-state index is 0.0825. The van der Waals surface area contributed by atoms with Gasteiger partial charge in [-0.2, -0.15) is 18.3 Å². The highest BCUT2D eigenvalue weighted by Crippen LogP contribution is 2.39. The van der Waals surface area contributed by atoms with Crippen molar-refractivity contribution in [2.24, 2.45) is 0 Å². The fourth-order valence-electron chi connectivity index (χ4n) is 2.53. The van der Waals surface area contributed by atoms with Crippen LogP contribution < -0.4 is 5.32 Å². The molecule has 162 valence electrons. The predicted molar refractivity (Wildman–Crippen MR) is 111 cm³/mol. The second-order valence-electron chi connectivity index (χ2n) is 5.98. The summed E-state index contributed by atoms with van der Waals surface area (Å²) in [4.78, 5) is 23.8. The van der Waals surface area contributed by atoms with E-state index in [9.17, 15) is 28.1 Å². The van der Waals surface area contributed by atoms with Gasteiger partial charge < -0.3 is 5.32 Å². The zero-order chi connectivity index (χ0) is 22.8. The molecule has 0 fully saturated rings. The number of amides is 1. The van der Waals surface area contributed by atoms with Crippen molar-refractivity contribution < 1.29 is 22.9 Å². The van der Waals surface area contributed by atoms with Gasteiger partial charge in [-0.3, -0.25) is 14.9 Å². The van der Waals surface area contributed by atoms with E-state index in [2.05, 4.69) is 10.4 Å². The summed E-state index contributed by atoms with van der Waals surface area (Å²) in [6.07, 6.45) is -3.86. The number of thioether (sulfide) groups is 1. The van der Waals surface area contributed by atoms with Crippen LogP contribution in [0.5, 0.6) is 0 Å². The number of aromatic nitrogens is 2. The lowest BCUT2D eigenvalue weighted by atomic mass is 10.2. The van der Waals surface area contributed by atoms with Crippen molar-refractivity contribution in [3.8, 4) is 5.69 Å². The Morgan fingerprint density at radius 1 is 1.19 bits per heavy atom. The molecule has 1 aromatic heterocycles. The van der Waals surface area contributed by atoms with Gasteiger partial charge >= 0.3 is 11.9 Å². The first-order valence-electron chi connectivity index (χ1n) is 8.34. The molecular weight excluding hydrogens is 480 g/mol. The Kier molecular flexibility index (Phi) is 6.77. The van der Waals surface area contributed by atoms with Crippen molar-refractivity contribution in [1.29, 1.82) is 0 Å². The van der Waals surface area contributed by atoms with Crippen molar-refractivity contribution in [3.63, 3.8) is 0 Å². The molecule has 0 spiro atoms. The molecule has 0 bridgehead atoms. The number of halogens is 5. The molecule has 13 heteroatoms. The van der Waals surface area contributed by atoms with E-state index in [-0.39, 0.29) is 17.3 Å². The number of carbonyl (C=O) groups is 1. The highest BCUT2D eigenvalue weighted by atomic mass is 35.5. The minimum atomic E-state index is -4.70. The summed E-state index contributed by atoms with van der Waals surface area (Å²) in [6.45, 7) is 0. The SMILES string of the molecule is O=C(CSc1ccccc1)Nc1c([N+](=O)[O-])cnn1-c1c(Cl)cc(C(F)(F)F)cc1Cl. The van der Waals surface area contributed by atoms with Crippen molar-refractivity contribution in [3.05, 3.63) is 74.4 Å². The van der Waals surface area contributed by atoms with Crippen LogP contribution >= 0.6 is 35.0 Å². The molecule has 0 aliphatic rings. The Morgan fingerprint density at radius 2 is 1.81 bits per heavy atom. The van der Waals surface area contributed by atoms with Crippen molar-refractivity contribution in [2.45, 2.75) is 11.1 Å². The molecule has 0 saturated carbocycles. The Hall–Kier alpha value is -2.76. The van der Waals surface area contributed by atoms with E-state index >= 15 is 0 Å². The molecule has 3 rings (SSSR count). The van der Waals surface area contributed by atoms with E-state index in [1.807, 2.05) is 6.07 Å². The van der Waals surface area contributed by atoms with Gasteiger partial charge in [-0.15, -0.1) is 11.8 Å². The van der Waals surface area contributed by atoms with Crippen LogP contribution in [0.4, 0.5) is 24.7 Å². The smallest absolute Gasteiger partial charge is 0.304 e. The fraction of sp³-hybridized carbons (Fsp3) is 0.111. The minimum Gasteiger partial charge on any atom is -0.304 e. The number of alkyl halides is 3. The van der Waals surface area contributed by atoms with E-state index in [1.54, 1.807) is 24.3 Å². The number of carbonyl (C=O) groups excluding carboxylic acids is 1. The van der Waals surface area contributed by atoms with Crippen LogP contribution in [0, 0.1) is 10.1 Å². The molecule has 31 heavy (non-hydrogen) atoms. The number of hydrogen-bond acceptors (Lipinski definition) is 5. The molecule has 1 N–H and O–H groups in total. The van der Waals surface area contributed by atoms with Gasteiger partial charge in [-0.1, -0.05) is 41.4 Å². The monoisotopic (exact) mass is 490 g/mol. The van der Waals surface area contributed by atoms with Gasteiger partial charge in [0.05, 0.1) is 26.3 Å². The Labute approximate surface area is 187 Å². The van der Waals surface area contributed by atoms with Gasteiger partial charge in [0.25, 0.3) is 0 Å². The number of rotatable bonds is 6. The number of hydrogen-bond donors (Lipinski definition) is 1. The standard InChI is InChI=1S/C18H11Cl2F3N4O3S/c19-12-6-10(18(21,22)23)7-13(20)16(12)26-17(14(8-24-26)27(29)30)25-15(28)9-31-11-4-2-1-3-5-11/h1-8H,9H2,(H,25,28). The topological polar surface area (TPSA) is 90.1 Å². The maximum atomic E-state index is 13.0. The van der Waals surface area contributed by atoms with Crippen LogP contribution in [0.1, 0.15) is 5.56 Å². The average molecular weight is 491 g/mol. The van der Waals surface area contributed by atoms with E-state index < -0.39 is 38.3 Å². The quantitative estimate of drug-likeness (QED) is 0.266. The third-order valence-electron chi connectivity index (χ3n) is 3.87. The summed E-state index contributed by atoms with van der Waals surface area (Å²) in [5, 5.41) is 16.6.